The number of hydrogen-bond acceptors (Lipinski definition) is 1. The molecule has 108 valence electrons. The van der Waals surface area contributed by atoms with E-state index in [1.165, 1.54) is 25.7 Å². The predicted octanol–water partition coefficient (Wildman–Crippen LogP) is 6.15. The molecule has 0 bridgehead atoms. The minimum absolute atomic E-state index is 0.207. The average Bonchev–Trinajstić information content (AvgIpc) is 2.45. The van der Waals surface area contributed by atoms with Crippen LogP contribution in [0.2, 0.25) is 5.02 Å². The van der Waals surface area contributed by atoms with Gasteiger partial charge in [0, 0.05) is 9.50 Å². The van der Waals surface area contributed by atoms with Gasteiger partial charge in [-0.05, 0) is 55.7 Å². The van der Waals surface area contributed by atoms with Gasteiger partial charge in [-0.25, -0.2) is 0 Å². The summed E-state index contributed by atoms with van der Waals surface area (Å²) in [6.07, 6.45) is 7.75. The van der Waals surface area contributed by atoms with Crippen LogP contribution in [0.1, 0.15) is 51.0 Å². The molecule has 1 fully saturated rings. The van der Waals surface area contributed by atoms with Gasteiger partial charge in [-0.2, -0.15) is 5.26 Å². The molecule has 0 N–H and O–H groups in total. The first-order valence-electron chi connectivity index (χ1n) is 7.44. The van der Waals surface area contributed by atoms with Crippen molar-refractivity contribution in [2.45, 2.75) is 51.9 Å². The maximum absolute atomic E-state index is 9.66. The molecule has 0 atom stereocenters. The number of hydrogen-bond donors (Lipinski definition) is 0. The molecule has 1 aliphatic rings. The summed E-state index contributed by atoms with van der Waals surface area (Å²) in [6.45, 7) is 2.24. The highest BCUT2D eigenvalue weighted by molar-refractivity contribution is 9.10. The molecular formula is C17H21BrClN. The maximum atomic E-state index is 9.66. The fourth-order valence-corrected chi connectivity index (χ4v) is 4.03. The molecule has 0 spiro atoms. The van der Waals surface area contributed by atoms with Crippen LogP contribution in [0.15, 0.2) is 22.7 Å². The molecule has 1 aromatic rings. The molecule has 0 aromatic heterocycles. The topological polar surface area (TPSA) is 23.8 Å². The van der Waals surface area contributed by atoms with E-state index in [4.69, 9.17) is 11.6 Å². The Bertz CT molecular complexity index is 498. The Morgan fingerprint density at radius 1 is 1.40 bits per heavy atom. The van der Waals surface area contributed by atoms with Crippen molar-refractivity contribution in [2.24, 2.45) is 11.3 Å². The van der Waals surface area contributed by atoms with E-state index in [1.807, 2.05) is 18.2 Å². The molecule has 0 aliphatic heterocycles. The fourth-order valence-electron chi connectivity index (χ4n) is 3.28. The van der Waals surface area contributed by atoms with Gasteiger partial charge in [0.15, 0.2) is 0 Å². The molecule has 1 aliphatic carbocycles. The fraction of sp³-hybridized carbons (Fsp3) is 0.588. The summed E-state index contributed by atoms with van der Waals surface area (Å²) in [7, 11) is 0. The van der Waals surface area contributed by atoms with E-state index in [2.05, 4.69) is 28.9 Å². The maximum Gasteiger partial charge on any atom is 0.0693 e. The number of benzene rings is 1. The quantitative estimate of drug-likeness (QED) is 0.636. The Hall–Kier alpha value is -0.520. The third-order valence-corrected chi connectivity index (χ3v) is 5.39. The van der Waals surface area contributed by atoms with Crippen LogP contribution >= 0.6 is 27.5 Å². The molecule has 0 heterocycles. The first kappa shape index (κ1) is 15.9. The van der Waals surface area contributed by atoms with Crippen LogP contribution in [0, 0.1) is 22.7 Å². The summed E-state index contributed by atoms with van der Waals surface area (Å²) in [6, 6.07) is 8.58. The highest BCUT2D eigenvalue weighted by atomic mass is 79.9. The minimum atomic E-state index is -0.207. The number of rotatable bonds is 4. The molecule has 1 nitrogen and oxygen atoms in total. The van der Waals surface area contributed by atoms with Gasteiger partial charge in [-0.15, -0.1) is 0 Å². The lowest BCUT2D eigenvalue weighted by molar-refractivity contribution is 0.201. The summed E-state index contributed by atoms with van der Waals surface area (Å²) >= 11 is 9.73. The van der Waals surface area contributed by atoms with E-state index >= 15 is 0 Å². The molecule has 0 radical (unpaired) electrons. The SMILES string of the molecule is CCCC1CCC(C#N)(Cc2ccc(Br)cc2Cl)CC1. The van der Waals surface area contributed by atoms with Crippen molar-refractivity contribution in [1.82, 2.24) is 0 Å². The zero-order valence-electron chi connectivity index (χ0n) is 12.0. The van der Waals surface area contributed by atoms with Gasteiger partial charge in [-0.1, -0.05) is 53.4 Å². The second-order valence-electron chi connectivity index (χ2n) is 6.04. The minimum Gasteiger partial charge on any atom is -0.198 e. The summed E-state index contributed by atoms with van der Waals surface area (Å²) in [4.78, 5) is 0. The molecule has 0 saturated heterocycles. The predicted molar refractivity (Wildman–Crippen MR) is 87.8 cm³/mol. The van der Waals surface area contributed by atoms with E-state index in [0.717, 1.165) is 40.2 Å². The van der Waals surface area contributed by atoms with Crippen molar-refractivity contribution in [3.8, 4) is 6.07 Å². The number of nitrogens with zero attached hydrogens (tertiary/aromatic N) is 1. The van der Waals surface area contributed by atoms with E-state index in [0.29, 0.717) is 0 Å². The molecule has 1 saturated carbocycles. The lowest BCUT2D eigenvalue weighted by Crippen LogP contribution is -2.28. The van der Waals surface area contributed by atoms with Gasteiger partial charge in [0.2, 0.25) is 0 Å². The lowest BCUT2D eigenvalue weighted by atomic mass is 9.67. The van der Waals surface area contributed by atoms with Crippen molar-refractivity contribution in [2.75, 3.05) is 0 Å². The Morgan fingerprint density at radius 2 is 2.10 bits per heavy atom. The normalized spacial score (nSPS) is 26.2. The zero-order valence-corrected chi connectivity index (χ0v) is 14.3. The Balaban J connectivity index is 2.08. The Morgan fingerprint density at radius 3 is 2.65 bits per heavy atom. The van der Waals surface area contributed by atoms with E-state index in [1.54, 1.807) is 0 Å². The van der Waals surface area contributed by atoms with Gasteiger partial charge in [0.25, 0.3) is 0 Å². The summed E-state index contributed by atoms with van der Waals surface area (Å²) in [5.41, 5.74) is 0.896. The van der Waals surface area contributed by atoms with Crippen LogP contribution in [0.4, 0.5) is 0 Å². The third kappa shape index (κ3) is 3.77. The van der Waals surface area contributed by atoms with E-state index in [-0.39, 0.29) is 5.41 Å². The van der Waals surface area contributed by atoms with Gasteiger partial charge >= 0.3 is 0 Å². The molecule has 3 heteroatoms. The van der Waals surface area contributed by atoms with Crippen LogP contribution in [-0.2, 0) is 6.42 Å². The van der Waals surface area contributed by atoms with E-state index < -0.39 is 0 Å². The molecule has 1 aromatic carbocycles. The van der Waals surface area contributed by atoms with Crippen LogP contribution in [0.25, 0.3) is 0 Å². The lowest BCUT2D eigenvalue weighted by Gasteiger charge is -2.35. The van der Waals surface area contributed by atoms with Gasteiger partial charge in [0.1, 0.15) is 0 Å². The van der Waals surface area contributed by atoms with Crippen LogP contribution in [0.3, 0.4) is 0 Å². The standard InChI is InChI=1S/C17H21BrClN/c1-2-3-13-6-8-17(12-20,9-7-13)11-14-4-5-15(18)10-16(14)19/h4-5,10,13H,2-3,6-9,11H2,1H3. The van der Waals surface area contributed by atoms with Crippen molar-refractivity contribution in [1.29, 1.82) is 5.26 Å². The smallest absolute Gasteiger partial charge is 0.0693 e. The number of halogens is 2. The Kier molecular flexibility index (Phi) is 5.52. The van der Waals surface area contributed by atoms with Crippen molar-refractivity contribution in [3.05, 3.63) is 33.3 Å². The summed E-state index contributed by atoms with van der Waals surface area (Å²) in [5, 5.41) is 10.4. The second-order valence-corrected chi connectivity index (χ2v) is 7.36. The van der Waals surface area contributed by atoms with Crippen molar-refractivity contribution < 1.29 is 0 Å². The largest absolute Gasteiger partial charge is 0.198 e. The van der Waals surface area contributed by atoms with E-state index in [9.17, 15) is 5.26 Å². The highest BCUT2D eigenvalue weighted by Crippen LogP contribution is 2.43. The molecule has 0 unspecified atom stereocenters. The molecule has 2 rings (SSSR count). The first-order valence-corrected chi connectivity index (χ1v) is 8.61. The highest BCUT2D eigenvalue weighted by Gasteiger charge is 2.35. The van der Waals surface area contributed by atoms with Crippen LogP contribution in [0.5, 0.6) is 0 Å². The third-order valence-electron chi connectivity index (χ3n) is 4.54. The van der Waals surface area contributed by atoms with Crippen LogP contribution in [-0.4, -0.2) is 0 Å². The number of nitriles is 1. The molecule has 20 heavy (non-hydrogen) atoms. The monoisotopic (exact) mass is 353 g/mol. The van der Waals surface area contributed by atoms with Crippen LogP contribution < -0.4 is 0 Å². The van der Waals surface area contributed by atoms with Gasteiger partial charge in [0.05, 0.1) is 11.5 Å². The summed E-state index contributed by atoms with van der Waals surface area (Å²) in [5.74, 6) is 0.821. The first-order chi connectivity index (χ1) is 9.58. The molecule has 0 amide bonds. The average molecular weight is 355 g/mol. The van der Waals surface area contributed by atoms with Crippen molar-refractivity contribution >= 4 is 27.5 Å². The van der Waals surface area contributed by atoms with Gasteiger partial charge < -0.3 is 0 Å². The second kappa shape index (κ2) is 6.96. The Labute approximate surface area is 135 Å². The molecular weight excluding hydrogens is 334 g/mol. The van der Waals surface area contributed by atoms with Gasteiger partial charge in [-0.3, -0.25) is 0 Å². The van der Waals surface area contributed by atoms with Crippen molar-refractivity contribution in [3.63, 3.8) is 0 Å². The zero-order chi connectivity index (χ0) is 14.6. The summed E-state index contributed by atoms with van der Waals surface area (Å²) < 4.78 is 0.990.